The molecule has 0 radical (unpaired) electrons. The second kappa shape index (κ2) is 7.34. The van der Waals surface area contributed by atoms with Crippen LogP contribution in [0.2, 0.25) is 15.1 Å². The van der Waals surface area contributed by atoms with Gasteiger partial charge >= 0.3 is 0 Å². The van der Waals surface area contributed by atoms with Gasteiger partial charge in [0.15, 0.2) is 9.84 Å². The van der Waals surface area contributed by atoms with Crippen LogP contribution in [0.4, 0.5) is 0 Å². The van der Waals surface area contributed by atoms with Crippen molar-refractivity contribution in [1.82, 2.24) is 4.98 Å². The van der Waals surface area contributed by atoms with E-state index in [1.165, 1.54) is 18.2 Å². The molecule has 1 aromatic heterocycles. The summed E-state index contributed by atoms with van der Waals surface area (Å²) in [5.41, 5.74) is 1.72. The molecule has 0 spiro atoms. The molecule has 0 saturated carbocycles. The molecule has 0 amide bonds. The van der Waals surface area contributed by atoms with Crippen molar-refractivity contribution < 1.29 is 8.42 Å². The van der Waals surface area contributed by atoms with E-state index in [0.29, 0.717) is 21.2 Å². The number of rotatable bonds is 4. The summed E-state index contributed by atoms with van der Waals surface area (Å²) in [5.74, 6) is -0.397. The predicted octanol–water partition coefficient (Wildman–Crippen LogP) is 5.61. The smallest absolute Gasteiger partial charge is 0.192 e. The van der Waals surface area contributed by atoms with E-state index in [1.54, 1.807) is 36.5 Å². The van der Waals surface area contributed by atoms with Crippen LogP contribution in [0.1, 0.15) is 11.1 Å². The number of sulfone groups is 1. The first-order valence-electron chi connectivity index (χ1n) is 7.35. The summed E-state index contributed by atoms with van der Waals surface area (Å²) in [6.07, 6.45) is 2.96. The Morgan fingerprint density at radius 3 is 2.50 bits per heavy atom. The standard InChI is InChI=1S/C18H11Cl3N2O2S/c19-13-3-4-18-16(6-13)12(9-23-18)5-15(8-22)26(24,25)10-11-1-2-14(20)7-17(11)21/h1-7,9,23H,10H2. The summed E-state index contributed by atoms with van der Waals surface area (Å²) in [4.78, 5) is 2.66. The molecule has 2 aromatic carbocycles. The van der Waals surface area contributed by atoms with Gasteiger partial charge in [0, 0.05) is 37.7 Å². The molecule has 0 fully saturated rings. The van der Waals surface area contributed by atoms with Gasteiger partial charge in [0.25, 0.3) is 0 Å². The van der Waals surface area contributed by atoms with Crippen LogP contribution in [0.5, 0.6) is 0 Å². The summed E-state index contributed by atoms with van der Waals surface area (Å²) >= 11 is 17.9. The minimum atomic E-state index is -3.89. The van der Waals surface area contributed by atoms with Crippen molar-refractivity contribution >= 4 is 61.6 Å². The van der Waals surface area contributed by atoms with Gasteiger partial charge < -0.3 is 4.98 Å². The van der Waals surface area contributed by atoms with Crippen LogP contribution in [-0.4, -0.2) is 13.4 Å². The number of benzene rings is 2. The first-order chi connectivity index (χ1) is 12.3. The lowest BCUT2D eigenvalue weighted by Gasteiger charge is -2.06. The lowest BCUT2D eigenvalue weighted by atomic mass is 10.1. The summed E-state index contributed by atoms with van der Waals surface area (Å²) in [6, 6.07) is 11.5. The first-order valence-corrected chi connectivity index (χ1v) is 10.1. The Balaban J connectivity index is 2.02. The van der Waals surface area contributed by atoms with Gasteiger partial charge in [-0.15, -0.1) is 0 Å². The van der Waals surface area contributed by atoms with Gasteiger partial charge in [-0.05, 0) is 42.0 Å². The monoisotopic (exact) mass is 424 g/mol. The average molecular weight is 426 g/mol. The average Bonchev–Trinajstić information content (AvgIpc) is 2.97. The molecule has 3 aromatic rings. The lowest BCUT2D eigenvalue weighted by Crippen LogP contribution is -2.07. The molecule has 1 heterocycles. The van der Waals surface area contributed by atoms with E-state index in [9.17, 15) is 13.7 Å². The van der Waals surface area contributed by atoms with E-state index in [0.717, 1.165) is 10.9 Å². The number of hydrogen-bond acceptors (Lipinski definition) is 3. The molecule has 8 heteroatoms. The molecular weight excluding hydrogens is 415 g/mol. The largest absolute Gasteiger partial charge is 0.361 e. The fraction of sp³-hybridized carbons (Fsp3) is 0.0556. The third-order valence-electron chi connectivity index (χ3n) is 3.77. The van der Waals surface area contributed by atoms with Gasteiger partial charge in [0.1, 0.15) is 11.0 Å². The second-order valence-electron chi connectivity index (χ2n) is 5.55. The zero-order valence-electron chi connectivity index (χ0n) is 13.1. The summed E-state index contributed by atoms with van der Waals surface area (Å²) in [6.45, 7) is 0. The van der Waals surface area contributed by atoms with Crippen molar-refractivity contribution in [3.63, 3.8) is 0 Å². The third-order valence-corrected chi connectivity index (χ3v) is 6.16. The highest BCUT2D eigenvalue weighted by atomic mass is 35.5. The highest BCUT2D eigenvalue weighted by Gasteiger charge is 2.21. The predicted molar refractivity (Wildman–Crippen MR) is 106 cm³/mol. The molecule has 0 bridgehead atoms. The van der Waals surface area contributed by atoms with E-state index in [1.807, 2.05) is 0 Å². The van der Waals surface area contributed by atoms with Crippen LogP contribution in [-0.2, 0) is 15.6 Å². The number of hydrogen-bond donors (Lipinski definition) is 1. The van der Waals surface area contributed by atoms with Gasteiger partial charge in [-0.1, -0.05) is 40.9 Å². The van der Waals surface area contributed by atoms with Crippen molar-refractivity contribution in [3.05, 3.63) is 73.7 Å². The number of aromatic amines is 1. The van der Waals surface area contributed by atoms with E-state index >= 15 is 0 Å². The molecular formula is C18H11Cl3N2O2S. The number of nitrogens with zero attached hydrogens (tertiary/aromatic N) is 1. The number of fused-ring (bicyclic) bond motifs is 1. The molecule has 1 N–H and O–H groups in total. The Bertz CT molecular complexity index is 1170. The number of aromatic nitrogens is 1. The van der Waals surface area contributed by atoms with Crippen LogP contribution >= 0.6 is 34.8 Å². The molecule has 0 unspecified atom stereocenters. The molecule has 26 heavy (non-hydrogen) atoms. The van der Waals surface area contributed by atoms with Gasteiger partial charge in [0.05, 0.1) is 5.75 Å². The number of H-pyrrole nitrogens is 1. The van der Waals surface area contributed by atoms with Crippen LogP contribution in [0, 0.1) is 11.3 Å². The summed E-state index contributed by atoms with van der Waals surface area (Å²) < 4.78 is 25.4. The molecule has 0 aliphatic heterocycles. The van der Waals surface area contributed by atoms with Gasteiger partial charge in [0.2, 0.25) is 0 Å². The van der Waals surface area contributed by atoms with Crippen molar-refractivity contribution in [2.45, 2.75) is 5.75 Å². The minimum Gasteiger partial charge on any atom is -0.361 e. The van der Waals surface area contributed by atoms with Crippen molar-refractivity contribution in [1.29, 1.82) is 5.26 Å². The lowest BCUT2D eigenvalue weighted by molar-refractivity contribution is 0.602. The normalized spacial score (nSPS) is 12.3. The van der Waals surface area contributed by atoms with Gasteiger partial charge in [-0.2, -0.15) is 5.26 Å². The first kappa shape index (κ1) is 18.8. The Hall–Kier alpha value is -1.97. The summed E-state index contributed by atoms with van der Waals surface area (Å²) in [5, 5.41) is 11.3. The van der Waals surface area contributed by atoms with Crippen LogP contribution < -0.4 is 0 Å². The van der Waals surface area contributed by atoms with Gasteiger partial charge in [-0.3, -0.25) is 0 Å². The van der Waals surface area contributed by atoms with Crippen LogP contribution in [0.3, 0.4) is 0 Å². The SMILES string of the molecule is N#CC(=Cc1c[nH]c2ccc(Cl)cc12)S(=O)(=O)Cc1ccc(Cl)cc1Cl. The Morgan fingerprint density at radius 2 is 1.81 bits per heavy atom. The number of allylic oxidation sites excluding steroid dienone is 1. The molecule has 4 nitrogen and oxygen atoms in total. The number of nitrogens with one attached hydrogen (secondary N) is 1. The second-order valence-corrected chi connectivity index (χ2v) is 8.79. The highest BCUT2D eigenvalue weighted by molar-refractivity contribution is 7.95. The fourth-order valence-electron chi connectivity index (χ4n) is 2.49. The number of nitriles is 1. The number of halogens is 3. The maximum Gasteiger partial charge on any atom is 0.192 e. The molecule has 0 atom stereocenters. The zero-order valence-corrected chi connectivity index (χ0v) is 16.2. The molecule has 3 rings (SSSR count). The van der Waals surface area contributed by atoms with E-state index in [4.69, 9.17) is 34.8 Å². The van der Waals surface area contributed by atoms with Gasteiger partial charge in [-0.25, -0.2) is 8.42 Å². The quantitative estimate of drug-likeness (QED) is 0.552. The molecule has 0 aliphatic rings. The van der Waals surface area contributed by atoms with Crippen molar-refractivity contribution in [2.24, 2.45) is 0 Å². The Kier molecular flexibility index (Phi) is 5.31. The van der Waals surface area contributed by atoms with Crippen molar-refractivity contribution in [2.75, 3.05) is 0 Å². The Labute approximate surface area is 165 Å². The van der Waals surface area contributed by atoms with Crippen LogP contribution in [0.25, 0.3) is 17.0 Å². The molecule has 0 saturated heterocycles. The summed E-state index contributed by atoms with van der Waals surface area (Å²) in [7, 11) is -3.89. The van der Waals surface area contributed by atoms with Crippen LogP contribution in [0.15, 0.2) is 47.5 Å². The fourth-order valence-corrected chi connectivity index (χ4v) is 4.48. The maximum absolute atomic E-state index is 12.7. The third kappa shape index (κ3) is 3.89. The van der Waals surface area contributed by atoms with E-state index in [-0.39, 0.29) is 9.93 Å². The topological polar surface area (TPSA) is 73.7 Å². The molecule has 0 aliphatic carbocycles. The molecule has 132 valence electrons. The van der Waals surface area contributed by atoms with E-state index < -0.39 is 15.6 Å². The zero-order chi connectivity index (χ0) is 18.9. The van der Waals surface area contributed by atoms with E-state index in [2.05, 4.69) is 4.98 Å². The highest BCUT2D eigenvalue weighted by Crippen LogP contribution is 2.28. The Morgan fingerprint density at radius 1 is 1.12 bits per heavy atom. The minimum absolute atomic E-state index is 0.234. The van der Waals surface area contributed by atoms with Crippen molar-refractivity contribution in [3.8, 4) is 6.07 Å². The maximum atomic E-state index is 12.7.